The number of benzene rings is 3. The molecule has 3 aromatic carbocycles. The van der Waals surface area contributed by atoms with E-state index >= 15 is 0 Å². The van der Waals surface area contributed by atoms with E-state index in [2.05, 4.69) is 58.1 Å². The van der Waals surface area contributed by atoms with Crippen molar-refractivity contribution in [1.29, 1.82) is 0 Å². The highest BCUT2D eigenvalue weighted by atomic mass is 35.5. The van der Waals surface area contributed by atoms with Crippen LogP contribution in [0.2, 0.25) is 5.02 Å². The number of halogens is 2. The molecule has 36 heavy (non-hydrogen) atoms. The molecule has 0 radical (unpaired) electrons. The van der Waals surface area contributed by atoms with Gasteiger partial charge in [0.1, 0.15) is 30.0 Å². The maximum atomic E-state index is 12.2. The van der Waals surface area contributed by atoms with Crippen LogP contribution in [0.1, 0.15) is 22.9 Å². The highest BCUT2D eigenvalue weighted by Crippen LogP contribution is 2.38. The standard InChI is InChI=1S/C21H21ClN2O2.C7H5FO2/c1-24-9-8-17-18-10-14(22)4-7-19(18)23-20(17)21(24)13-2-5-15(6-3-13)25-11-16-12-26-16;8-6-1-3-7(4-2-6)10-5-9/h2-7,10,16,21,23H,8-9,11-12H2,1H3;1-5H. The summed E-state index contributed by atoms with van der Waals surface area (Å²) in [6, 6.07) is 19.9. The number of nitrogens with zero attached hydrogens (tertiary/aromatic N) is 1. The second-order valence-electron chi connectivity index (χ2n) is 8.84. The number of nitrogens with one attached hydrogen (secondary N) is 1. The molecule has 0 aliphatic carbocycles. The fraction of sp³-hybridized carbons (Fsp3) is 0.250. The summed E-state index contributed by atoms with van der Waals surface area (Å²) in [4.78, 5) is 15.8. The number of hydrogen-bond acceptors (Lipinski definition) is 5. The third-order valence-electron chi connectivity index (χ3n) is 6.36. The molecule has 186 valence electrons. The van der Waals surface area contributed by atoms with Crippen LogP contribution >= 0.6 is 11.6 Å². The van der Waals surface area contributed by atoms with Crippen LogP contribution < -0.4 is 9.47 Å². The summed E-state index contributed by atoms with van der Waals surface area (Å²) in [5.41, 5.74) is 5.08. The van der Waals surface area contributed by atoms with Crippen molar-refractivity contribution in [3.8, 4) is 11.5 Å². The van der Waals surface area contributed by atoms with Gasteiger partial charge in [-0.1, -0.05) is 23.7 Å². The summed E-state index contributed by atoms with van der Waals surface area (Å²) in [5.74, 6) is 0.890. The maximum absolute atomic E-state index is 12.2. The summed E-state index contributed by atoms with van der Waals surface area (Å²) >= 11 is 6.23. The van der Waals surface area contributed by atoms with Crippen molar-refractivity contribution in [1.82, 2.24) is 9.88 Å². The van der Waals surface area contributed by atoms with Crippen molar-refractivity contribution in [2.45, 2.75) is 18.6 Å². The summed E-state index contributed by atoms with van der Waals surface area (Å²) in [6.07, 6.45) is 1.31. The van der Waals surface area contributed by atoms with Crippen LogP contribution in [0.15, 0.2) is 66.7 Å². The molecule has 3 heterocycles. The minimum absolute atomic E-state index is 0.214. The number of epoxide rings is 1. The average molecular weight is 509 g/mol. The Morgan fingerprint density at radius 3 is 2.53 bits per heavy atom. The molecule has 0 spiro atoms. The molecule has 1 saturated heterocycles. The normalized spacial score (nSPS) is 18.6. The van der Waals surface area contributed by atoms with Crippen molar-refractivity contribution >= 4 is 29.0 Å². The monoisotopic (exact) mass is 508 g/mol. The van der Waals surface area contributed by atoms with E-state index in [1.54, 1.807) is 0 Å². The van der Waals surface area contributed by atoms with E-state index < -0.39 is 0 Å². The smallest absolute Gasteiger partial charge is 0.298 e. The Hall–Kier alpha value is -3.39. The van der Waals surface area contributed by atoms with Gasteiger partial charge in [-0.3, -0.25) is 9.69 Å². The number of carbonyl (C=O) groups is 1. The van der Waals surface area contributed by atoms with Gasteiger partial charge in [0.2, 0.25) is 0 Å². The molecule has 0 bridgehead atoms. The van der Waals surface area contributed by atoms with Crippen LogP contribution in [-0.2, 0) is 16.0 Å². The lowest BCUT2D eigenvalue weighted by molar-refractivity contribution is -0.120. The topological polar surface area (TPSA) is 67.1 Å². The molecule has 2 aliphatic heterocycles. The van der Waals surface area contributed by atoms with Crippen LogP contribution in [0.25, 0.3) is 10.9 Å². The largest absolute Gasteiger partial charge is 0.491 e. The number of ether oxygens (including phenoxy) is 3. The van der Waals surface area contributed by atoms with Gasteiger partial charge in [0.15, 0.2) is 0 Å². The molecular formula is C28H26ClFN2O4. The van der Waals surface area contributed by atoms with Crippen molar-refractivity contribution < 1.29 is 23.4 Å². The fourth-order valence-corrected chi connectivity index (χ4v) is 4.64. The molecule has 0 amide bonds. The molecule has 4 aromatic rings. The Morgan fingerprint density at radius 1 is 1.11 bits per heavy atom. The number of H-pyrrole nitrogens is 1. The van der Waals surface area contributed by atoms with Gasteiger partial charge in [-0.05, 0) is 79.2 Å². The van der Waals surface area contributed by atoms with E-state index in [9.17, 15) is 9.18 Å². The molecule has 6 rings (SSSR count). The Balaban J connectivity index is 0.000000226. The molecule has 1 aromatic heterocycles. The van der Waals surface area contributed by atoms with Crippen molar-refractivity contribution in [2.75, 3.05) is 26.8 Å². The van der Waals surface area contributed by atoms with Crippen LogP contribution in [0.3, 0.4) is 0 Å². The molecule has 1 N–H and O–H groups in total. The average Bonchev–Trinajstić information content (AvgIpc) is 3.65. The third kappa shape index (κ3) is 5.54. The summed E-state index contributed by atoms with van der Waals surface area (Å²) in [7, 11) is 2.18. The SMILES string of the molecule is CN1CCc2c([nH]c3ccc(Cl)cc23)C1c1ccc(OCC2CO2)cc1.O=COc1ccc(F)cc1. The van der Waals surface area contributed by atoms with Crippen LogP contribution in [0.5, 0.6) is 11.5 Å². The molecule has 6 nitrogen and oxygen atoms in total. The zero-order valence-corrected chi connectivity index (χ0v) is 20.5. The second kappa shape index (κ2) is 10.7. The molecule has 8 heteroatoms. The highest BCUT2D eigenvalue weighted by molar-refractivity contribution is 6.31. The molecule has 2 aliphatic rings. The van der Waals surface area contributed by atoms with Crippen LogP contribution in [-0.4, -0.2) is 49.3 Å². The van der Waals surface area contributed by atoms with Gasteiger partial charge in [0.25, 0.3) is 6.47 Å². The highest BCUT2D eigenvalue weighted by Gasteiger charge is 2.29. The molecule has 2 atom stereocenters. The molecule has 0 saturated carbocycles. The Bertz CT molecular complexity index is 1340. The van der Waals surface area contributed by atoms with Gasteiger partial charge in [0.05, 0.1) is 12.6 Å². The maximum Gasteiger partial charge on any atom is 0.298 e. The second-order valence-corrected chi connectivity index (χ2v) is 9.28. The molecular weight excluding hydrogens is 483 g/mol. The van der Waals surface area contributed by atoms with Gasteiger partial charge in [0, 0.05) is 28.2 Å². The minimum atomic E-state index is -0.349. The zero-order chi connectivity index (χ0) is 25.1. The van der Waals surface area contributed by atoms with Crippen LogP contribution in [0.4, 0.5) is 4.39 Å². The van der Waals surface area contributed by atoms with E-state index in [-0.39, 0.29) is 18.0 Å². The third-order valence-corrected chi connectivity index (χ3v) is 6.60. The predicted octanol–water partition coefficient (Wildman–Crippen LogP) is 5.54. The fourth-order valence-electron chi connectivity index (χ4n) is 4.47. The summed E-state index contributed by atoms with van der Waals surface area (Å²) in [6.45, 7) is 2.77. The van der Waals surface area contributed by atoms with Gasteiger partial charge < -0.3 is 19.2 Å². The first-order valence-electron chi connectivity index (χ1n) is 11.7. The first-order chi connectivity index (χ1) is 17.5. The van der Waals surface area contributed by atoms with Crippen molar-refractivity contribution in [3.63, 3.8) is 0 Å². The summed E-state index contributed by atoms with van der Waals surface area (Å²) < 4.78 is 27.6. The van der Waals surface area contributed by atoms with E-state index in [1.807, 2.05) is 6.07 Å². The Labute approximate surface area is 213 Å². The van der Waals surface area contributed by atoms with E-state index in [4.69, 9.17) is 21.1 Å². The lowest BCUT2D eigenvalue weighted by atomic mass is 9.93. The van der Waals surface area contributed by atoms with Gasteiger partial charge in [-0.25, -0.2) is 4.39 Å². The predicted molar refractivity (Wildman–Crippen MR) is 136 cm³/mol. The van der Waals surface area contributed by atoms with E-state index in [1.165, 1.54) is 46.5 Å². The van der Waals surface area contributed by atoms with Crippen molar-refractivity contribution in [3.05, 3.63) is 94.4 Å². The minimum Gasteiger partial charge on any atom is -0.491 e. The molecule has 2 unspecified atom stereocenters. The number of likely N-dealkylation sites (N-methyl/N-ethyl adjacent to an activating group) is 1. The van der Waals surface area contributed by atoms with E-state index in [0.717, 1.165) is 35.9 Å². The zero-order valence-electron chi connectivity index (χ0n) is 19.7. The number of aromatic amines is 1. The number of fused-ring (bicyclic) bond motifs is 3. The van der Waals surface area contributed by atoms with Gasteiger partial charge >= 0.3 is 0 Å². The number of hydrogen-bond donors (Lipinski definition) is 1. The lowest BCUT2D eigenvalue weighted by Crippen LogP contribution is -2.32. The quantitative estimate of drug-likeness (QED) is 0.274. The number of carbonyl (C=O) groups excluding carboxylic acids is 1. The lowest BCUT2D eigenvalue weighted by Gasteiger charge is -2.33. The number of rotatable bonds is 6. The first kappa shape index (κ1) is 24.3. The number of aromatic nitrogens is 1. The van der Waals surface area contributed by atoms with Crippen LogP contribution in [0, 0.1) is 5.82 Å². The van der Waals surface area contributed by atoms with Gasteiger partial charge in [-0.15, -0.1) is 0 Å². The molecule has 1 fully saturated rings. The Morgan fingerprint density at radius 2 is 1.83 bits per heavy atom. The first-order valence-corrected chi connectivity index (χ1v) is 12.1. The Kier molecular flexibility index (Phi) is 7.23. The van der Waals surface area contributed by atoms with Crippen molar-refractivity contribution in [2.24, 2.45) is 0 Å². The summed E-state index contributed by atoms with van der Waals surface area (Å²) in [5, 5.41) is 2.03. The van der Waals surface area contributed by atoms with Gasteiger partial charge in [-0.2, -0.15) is 0 Å². The van der Waals surface area contributed by atoms with E-state index in [0.29, 0.717) is 18.8 Å².